The van der Waals surface area contributed by atoms with E-state index in [0.29, 0.717) is 0 Å². The first-order valence-electron chi connectivity index (χ1n) is 15.5. The van der Waals surface area contributed by atoms with Crippen LogP contribution < -0.4 is 0 Å². The van der Waals surface area contributed by atoms with Crippen LogP contribution in [-0.2, 0) is 42.2 Å². The van der Waals surface area contributed by atoms with Crippen molar-refractivity contribution in [2.75, 3.05) is 0 Å². The average Bonchev–Trinajstić information content (AvgIpc) is 3.33. The molecule has 233 valence electrons. The molecule has 1 radical (unpaired) electrons. The monoisotopic (exact) mass is 791 g/mol. The molecule has 0 spiro atoms. The predicted molar refractivity (Wildman–Crippen MR) is 188 cm³/mol. The topological polar surface area (TPSA) is 50.2 Å². The average molecular weight is 791 g/mol. The molecule has 2 aromatic heterocycles. The van der Waals surface area contributed by atoms with Crippen molar-refractivity contribution in [3.05, 3.63) is 101 Å². The number of carbonyl (C=O) groups is 1. The molecule has 2 heterocycles. The van der Waals surface area contributed by atoms with E-state index in [1.165, 1.54) is 85.8 Å². The summed E-state index contributed by atoms with van der Waals surface area (Å²) in [4.78, 5) is 14.9. The van der Waals surface area contributed by atoms with Gasteiger partial charge in [-0.25, -0.2) is 0 Å². The van der Waals surface area contributed by atoms with Gasteiger partial charge in [0.05, 0.1) is 5.76 Å². The van der Waals surface area contributed by atoms with Crippen LogP contribution in [0.3, 0.4) is 0 Å². The van der Waals surface area contributed by atoms with Gasteiger partial charge in [0, 0.05) is 58.2 Å². The van der Waals surface area contributed by atoms with E-state index in [2.05, 4.69) is 101 Å². The molecule has 0 amide bonds. The zero-order chi connectivity index (χ0) is 31.4. The van der Waals surface area contributed by atoms with Gasteiger partial charge in [-0.05, 0) is 90.1 Å². The van der Waals surface area contributed by atoms with E-state index in [0.717, 1.165) is 23.1 Å². The maximum atomic E-state index is 10.0. The zero-order valence-corrected chi connectivity index (χ0v) is 30.3. The number of rotatable bonds is 3. The van der Waals surface area contributed by atoms with E-state index in [4.69, 9.17) is 10.1 Å². The zero-order valence-electron chi connectivity index (χ0n) is 27.1. The van der Waals surface area contributed by atoms with E-state index in [1.54, 1.807) is 0 Å². The number of pyridine rings is 1. The van der Waals surface area contributed by atoms with Crippen LogP contribution in [0, 0.1) is 6.07 Å². The number of aryl methyl sites for hydroxylation is 1. The van der Waals surface area contributed by atoms with E-state index in [-0.39, 0.29) is 42.5 Å². The molecule has 3 nitrogen and oxygen atoms in total. The molecule has 0 bridgehead atoms. The summed E-state index contributed by atoms with van der Waals surface area (Å²) >= 11 is 1.93. The molecule has 0 fully saturated rings. The second-order valence-electron chi connectivity index (χ2n) is 13.5. The quantitative estimate of drug-likeness (QED) is 0.110. The van der Waals surface area contributed by atoms with E-state index < -0.39 is 0 Å². The third kappa shape index (κ3) is 6.23. The third-order valence-corrected chi connectivity index (χ3v) is 10.4. The number of thiophene rings is 1. The van der Waals surface area contributed by atoms with Crippen molar-refractivity contribution in [2.45, 2.75) is 78.6 Å². The van der Waals surface area contributed by atoms with Crippen LogP contribution in [0.1, 0.15) is 78.0 Å². The molecule has 0 unspecified atom stereocenters. The SMILES string of the molecule is CC(=O)/C=C(/C)O.CCc1cc(-c2nccc3cc4sc5cc6c(cc5c4cc23)C(C)(C)CCC6(C)C)[c-]c2ccccc12.[Ir]. The first-order chi connectivity index (χ1) is 20.9. The minimum absolute atomic E-state index is 0. The van der Waals surface area contributed by atoms with Gasteiger partial charge >= 0.3 is 0 Å². The smallest absolute Gasteiger partial charge is 0.155 e. The summed E-state index contributed by atoms with van der Waals surface area (Å²) < 4.78 is 2.75. The molecule has 6 aromatic rings. The summed E-state index contributed by atoms with van der Waals surface area (Å²) in [5, 5.41) is 16.0. The number of ketones is 1. The van der Waals surface area contributed by atoms with Gasteiger partial charge in [0.2, 0.25) is 0 Å². The summed E-state index contributed by atoms with van der Waals surface area (Å²) in [6.07, 6.45) is 6.58. The van der Waals surface area contributed by atoms with Crippen LogP contribution in [0.15, 0.2) is 78.7 Å². The molecular weight excluding hydrogens is 751 g/mol. The Morgan fingerprint density at radius 1 is 0.889 bits per heavy atom. The number of aliphatic hydroxyl groups excluding tert-OH is 1. The molecule has 0 saturated carbocycles. The molecule has 7 rings (SSSR count). The van der Waals surface area contributed by atoms with Crippen molar-refractivity contribution in [2.24, 2.45) is 0 Å². The number of hydrogen-bond donors (Lipinski definition) is 1. The number of nitrogens with zero attached hydrogens (tertiary/aromatic N) is 1. The van der Waals surface area contributed by atoms with E-state index in [1.807, 2.05) is 17.5 Å². The molecule has 45 heavy (non-hydrogen) atoms. The summed E-state index contributed by atoms with van der Waals surface area (Å²) in [6.45, 7) is 14.7. The number of hydrogen-bond acceptors (Lipinski definition) is 4. The van der Waals surface area contributed by atoms with Crippen LogP contribution in [0.2, 0.25) is 0 Å². The number of fused-ring (bicyclic) bond motifs is 6. The Kier molecular flexibility index (Phi) is 9.12. The molecule has 0 aliphatic heterocycles. The molecule has 4 aromatic carbocycles. The fourth-order valence-electron chi connectivity index (χ4n) is 6.74. The van der Waals surface area contributed by atoms with Crippen LogP contribution >= 0.6 is 11.3 Å². The maximum Gasteiger partial charge on any atom is 0.155 e. The maximum absolute atomic E-state index is 10.0. The summed E-state index contributed by atoms with van der Waals surface area (Å²) in [5.41, 5.74) is 6.94. The second-order valence-corrected chi connectivity index (χ2v) is 14.6. The minimum Gasteiger partial charge on any atom is -0.512 e. The van der Waals surface area contributed by atoms with Gasteiger partial charge in [-0.3, -0.25) is 9.78 Å². The first kappa shape index (κ1) is 33.0. The normalized spacial score (nSPS) is 15.4. The predicted octanol–water partition coefficient (Wildman–Crippen LogP) is 11.2. The number of aliphatic hydroxyl groups is 1. The Bertz CT molecular complexity index is 2110. The van der Waals surface area contributed by atoms with Crippen molar-refractivity contribution < 1.29 is 30.0 Å². The molecule has 0 atom stereocenters. The Morgan fingerprint density at radius 2 is 1.53 bits per heavy atom. The van der Waals surface area contributed by atoms with Gasteiger partial charge in [-0.15, -0.1) is 40.5 Å². The number of benzene rings is 4. The van der Waals surface area contributed by atoms with Gasteiger partial charge in [0.1, 0.15) is 0 Å². The van der Waals surface area contributed by atoms with Gasteiger partial charge in [0.25, 0.3) is 0 Å². The van der Waals surface area contributed by atoms with Crippen LogP contribution in [0.25, 0.3) is 53.0 Å². The molecule has 5 heteroatoms. The van der Waals surface area contributed by atoms with Crippen molar-refractivity contribution in [1.29, 1.82) is 0 Å². The Hall–Kier alpha value is -3.37. The van der Waals surface area contributed by atoms with Crippen molar-refractivity contribution in [3.8, 4) is 11.3 Å². The minimum atomic E-state index is -0.125. The van der Waals surface area contributed by atoms with Gasteiger partial charge in [-0.1, -0.05) is 69.8 Å². The second kappa shape index (κ2) is 12.4. The van der Waals surface area contributed by atoms with Crippen LogP contribution in [0.4, 0.5) is 0 Å². The largest absolute Gasteiger partial charge is 0.512 e. The van der Waals surface area contributed by atoms with Crippen molar-refractivity contribution in [3.63, 3.8) is 0 Å². The fourth-order valence-corrected chi connectivity index (χ4v) is 7.89. The van der Waals surface area contributed by atoms with Gasteiger partial charge in [-0.2, -0.15) is 0 Å². The number of carbonyl (C=O) groups excluding carboxylic acids is 1. The molecule has 0 saturated heterocycles. The number of aromatic nitrogens is 1. The summed E-state index contributed by atoms with van der Waals surface area (Å²) in [6, 6.07) is 26.5. The first-order valence-corrected chi connectivity index (χ1v) is 16.3. The Labute approximate surface area is 283 Å². The Morgan fingerprint density at radius 3 is 2.18 bits per heavy atom. The van der Waals surface area contributed by atoms with Gasteiger partial charge in [0.15, 0.2) is 5.78 Å². The van der Waals surface area contributed by atoms with E-state index in [9.17, 15) is 4.79 Å². The van der Waals surface area contributed by atoms with E-state index >= 15 is 0 Å². The summed E-state index contributed by atoms with van der Waals surface area (Å²) in [5.74, 6) is -0.0625. The van der Waals surface area contributed by atoms with Crippen molar-refractivity contribution >= 4 is 58.8 Å². The Balaban J connectivity index is 0.000000452. The molecule has 1 N–H and O–H groups in total. The molecular formula is C40H40IrNO2S-. The van der Waals surface area contributed by atoms with Crippen LogP contribution in [-0.4, -0.2) is 15.9 Å². The fraction of sp³-hybridized carbons (Fsp3) is 0.300. The summed E-state index contributed by atoms with van der Waals surface area (Å²) in [7, 11) is 0. The standard InChI is InChI=1S/C35H32NS.C5H8O2.Ir/c1-6-21-15-24(16-22-9-7-8-10-25(21)22)33-26-18-27-28-19-29-30(35(4,5)13-12-34(29,2)3)20-32(28)37-31(27)17-23(26)11-14-36-33;1-4(6)3-5(2)7;/h7-11,14-15,17-20H,6,12-13H2,1-5H3;3,6H,1-2H3;/q-1;;/b;4-3-;. The third-order valence-electron chi connectivity index (χ3n) is 9.24. The van der Waals surface area contributed by atoms with Crippen LogP contribution in [0.5, 0.6) is 0 Å². The molecule has 1 aliphatic carbocycles. The van der Waals surface area contributed by atoms with Crippen molar-refractivity contribution in [1.82, 2.24) is 4.98 Å². The van der Waals surface area contributed by atoms with Gasteiger partial charge < -0.3 is 5.11 Å². The number of allylic oxidation sites excluding steroid dienone is 2. The molecule has 1 aliphatic rings.